The molecule has 1 aliphatic rings. The number of carboxylic acids is 1. The zero-order valence-corrected chi connectivity index (χ0v) is 14.7. The number of unbranched alkanes of at least 4 members (excludes halogenated alkanes) is 3. The topological polar surface area (TPSA) is 177 Å². The van der Waals surface area contributed by atoms with Crippen LogP contribution in [0.3, 0.4) is 0 Å². The molecule has 0 unspecified atom stereocenters. The molecule has 1 heterocycles. The predicted molar refractivity (Wildman–Crippen MR) is 87.9 cm³/mol. The molecule has 1 amide bonds. The van der Waals surface area contributed by atoms with Gasteiger partial charge in [0.05, 0.1) is 18.8 Å². The summed E-state index contributed by atoms with van der Waals surface area (Å²) in [6.07, 6.45) is -3.87. The molecule has 6 atom stereocenters. The number of ether oxygens (including phenoxy) is 1. The normalized spacial score (nSPS) is 31.2. The summed E-state index contributed by atoms with van der Waals surface area (Å²) in [6.45, 7) is 1.16. The summed E-state index contributed by atoms with van der Waals surface area (Å²) in [7, 11) is 0. The average molecular weight is 379 g/mol. The third-order valence-electron chi connectivity index (χ3n) is 4.42. The van der Waals surface area contributed by atoms with Crippen molar-refractivity contribution in [3.63, 3.8) is 0 Å². The monoisotopic (exact) mass is 379 g/mol. The van der Waals surface area contributed by atoms with Crippen LogP contribution in [0.5, 0.6) is 0 Å². The van der Waals surface area contributed by atoms with E-state index >= 15 is 0 Å². The van der Waals surface area contributed by atoms with Gasteiger partial charge >= 0.3 is 5.97 Å². The van der Waals surface area contributed by atoms with Gasteiger partial charge in [0.1, 0.15) is 18.3 Å². The molecule has 0 aromatic heterocycles. The minimum absolute atomic E-state index is 0.164. The number of carbonyl (C=O) groups excluding carboxylic acids is 1. The summed E-state index contributed by atoms with van der Waals surface area (Å²) in [6, 6.07) is -1.26. The lowest BCUT2D eigenvalue weighted by Crippen LogP contribution is -2.67. The Balaban J connectivity index is 2.87. The van der Waals surface area contributed by atoms with E-state index in [4.69, 9.17) is 14.9 Å². The van der Waals surface area contributed by atoms with Crippen LogP contribution < -0.4 is 5.32 Å². The molecule has 152 valence electrons. The lowest BCUT2D eigenvalue weighted by molar-refractivity contribution is -0.295. The van der Waals surface area contributed by atoms with Gasteiger partial charge in [0.15, 0.2) is 0 Å². The van der Waals surface area contributed by atoms with E-state index in [0.29, 0.717) is 6.42 Å². The summed E-state index contributed by atoms with van der Waals surface area (Å²) in [4.78, 5) is 23.3. The first-order valence-electron chi connectivity index (χ1n) is 8.74. The van der Waals surface area contributed by atoms with Crippen LogP contribution in [0.4, 0.5) is 0 Å². The molecule has 1 saturated heterocycles. The maximum Gasteiger partial charge on any atom is 0.364 e. The van der Waals surface area contributed by atoms with Crippen LogP contribution in [0.1, 0.15) is 45.4 Å². The van der Waals surface area contributed by atoms with E-state index in [2.05, 4.69) is 5.32 Å². The highest BCUT2D eigenvalue weighted by Gasteiger charge is 2.53. The van der Waals surface area contributed by atoms with Crippen molar-refractivity contribution < 1.29 is 45.0 Å². The molecule has 0 bridgehead atoms. The van der Waals surface area contributed by atoms with Gasteiger partial charge in [-0.2, -0.15) is 0 Å². The van der Waals surface area contributed by atoms with E-state index in [-0.39, 0.29) is 6.42 Å². The Morgan fingerprint density at radius 3 is 2.46 bits per heavy atom. The Bertz CT molecular complexity index is 475. The van der Waals surface area contributed by atoms with Gasteiger partial charge in [-0.05, 0) is 6.42 Å². The smallest absolute Gasteiger partial charge is 0.364 e. The van der Waals surface area contributed by atoms with Crippen LogP contribution in [0.15, 0.2) is 0 Å². The van der Waals surface area contributed by atoms with Crippen LogP contribution in [0, 0.1) is 0 Å². The molecule has 10 nitrogen and oxygen atoms in total. The number of rotatable bonds is 10. The third kappa shape index (κ3) is 5.86. The number of aliphatic carboxylic acids is 1. The van der Waals surface area contributed by atoms with Gasteiger partial charge in [0.2, 0.25) is 5.91 Å². The molecule has 0 aromatic carbocycles. The Labute approximate surface area is 151 Å². The van der Waals surface area contributed by atoms with Crippen LogP contribution in [0.2, 0.25) is 0 Å². The second kappa shape index (κ2) is 10.1. The maximum atomic E-state index is 12.1. The average Bonchev–Trinajstić information content (AvgIpc) is 2.59. The Morgan fingerprint density at radius 2 is 1.92 bits per heavy atom. The zero-order valence-electron chi connectivity index (χ0n) is 14.7. The van der Waals surface area contributed by atoms with Crippen LogP contribution in [-0.2, 0) is 14.3 Å². The number of aliphatic hydroxyl groups is 5. The molecular formula is C16H29NO9. The SMILES string of the molecule is CCCCCCC(=O)N[C@H]1[C@H]([C@H](O)[C@H](O)CO)O[C@](O)(C(=O)O)C[C@@H]1O. The van der Waals surface area contributed by atoms with Gasteiger partial charge in [-0.15, -0.1) is 0 Å². The van der Waals surface area contributed by atoms with Crippen LogP contribution in [-0.4, -0.2) is 85.4 Å². The highest BCUT2D eigenvalue weighted by Crippen LogP contribution is 2.30. The van der Waals surface area contributed by atoms with Crippen molar-refractivity contribution in [2.24, 2.45) is 0 Å². The van der Waals surface area contributed by atoms with Crippen molar-refractivity contribution in [3.05, 3.63) is 0 Å². The molecule has 10 heteroatoms. The third-order valence-corrected chi connectivity index (χ3v) is 4.42. The van der Waals surface area contributed by atoms with E-state index in [0.717, 1.165) is 19.3 Å². The van der Waals surface area contributed by atoms with Gasteiger partial charge < -0.3 is 40.7 Å². The first kappa shape index (κ1) is 22.7. The number of amides is 1. The van der Waals surface area contributed by atoms with Gasteiger partial charge in [-0.25, -0.2) is 4.79 Å². The summed E-state index contributed by atoms with van der Waals surface area (Å²) in [5, 5.41) is 60.5. The first-order valence-corrected chi connectivity index (χ1v) is 8.74. The van der Waals surface area contributed by atoms with E-state index in [1.807, 2.05) is 6.92 Å². The minimum Gasteiger partial charge on any atom is -0.477 e. The molecule has 0 aromatic rings. The fraction of sp³-hybridized carbons (Fsp3) is 0.875. The molecule has 1 aliphatic heterocycles. The van der Waals surface area contributed by atoms with Gasteiger partial charge in [0.25, 0.3) is 5.79 Å². The van der Waals surface area contributed by atoms with Gasteiger partial charge in [-0.1, -0.05) is 26.2 Å². The maximum absolute atomic E-state index is 12.1. The van der Waals surface area contributed by atoms with E-state index in [1.54, 1.807) is 0 Å². The lowest BCUT2D eigenvalue weighted by Gasteiger charge is -2.44. The molecule has 0 aliphatic carbocycles. The van der Waals surface area contributed by atoms with Crippen molar-refractivity contribution in [3.8, 4) is 0 Å². The van der Waals surface area contributed by atoms with E-state index in [1.165, 1.54) is 0 Å². The molecule has 1 fully saturated rings. The van der Waals surface area contributed by atoms with E-state index < -0.39 is 61.1 Å². The lowest BCUT2D eigenvalue weighted by atomic mass is 9.88. The molecule has 0 spiro atoms. The van der Waals surface area contributed by atoms with Crippen LogP contribution in [0.25, 0.3) is 0 Å². The molecular weight excluding hydrogens is 350 g/mol. The predicted octanol–water partition coefficient (Wildman–Crippen LogP) is -1.92. The highest BCUT2D eigenvalue weighted by molar-refractivity contribution is 5.77. The quantitative estimate of drug-likeness (QED) is 0.213. The number of aliphatic hydroxyl groups excluding tert-OH is 4. The number of hydrogen-bond acceptors (Lipinski definition) is 8. The molecule has 1 rings (SSSR count). The van der Waals surface area contributed by atoms with Gasteiger partial charge in [0, 0.05) is 12.8 Å². The Morgan fingerprint density at radius 1 is 1.27 bits per heavy atom. The van der Waals surface area contributed by atoms with Crippen molar-refractivity contribution in [2.45, 2.75) is 81.7 Å². The molecule has 0 radical (unpaired) electrons. The van der Waals surface area contributed by atoms with Gasteiger partial charge in [-0.3, -0.25) is 4.79 Å². The summed E-state index contributed by atoms with van der Waals surface area (Å²) in [5.74, 6) is -5.01. The number of nitrogens with one attached hydrogen (secondary N) is 1. The number of carbonyl (C=O) groups is 2. The fourth-order valence-electron chi connectivity index (χ4n) is 2.87. The van der Waals surface area contributed by atoms with Crippen LogP contribution >= 0.6 is 0 Å². The summed E-state index contributed by atoms with van der Waals surface area (Å²) < 4.78 is 5.01. The second-order valence-electron chi connectivity index (χ2n) is 6.59. The van der Waals surface area contributed by atoms with Crippen molar-refractivity contribution in [1.82, 2.24) is 5.32 Å². The fourth-order valence-corrected chi connectivity index (χ4v) is 2.87. The minimum atomic E-state index is -2.79. The number of hydrogen-bond donors (Lipinski definition) is 7. The number of carboxylic acid groups (broad SMARTS) is 1. The largest absolute Gasteiger partial charge is 0.477 e. The highest BCUT2D eigenvalue weighted by atomic mass is 16.7. The molecule has 7 N–H and O–H groups in total. The van der Waals surface area contributed by atoms with Crippen molar-refractivity contribution in [1.29, 1.82) is 0 Å². The van der Waals surface area contributed by atoms with Crippen molar-refractivity contribution >= 4 is 11.9 Å². The Hall–Kier alpha value is -1.30. The Kier molecular flexibility index (Phi) is 8.87. The molecule has 26 heavy (non-hydrogen) atoms. The summed E-state index contributed by atoms with van der Waals surface area (Å²) >= 11 is 0. The standard InChI is InChI=1S/C16H29NO9/c1-2-3-4-5-6-11(21)17-12-9(19)7-16(25,15(23)24)26-14(12)13(22)10(20)8-18/h9-10,12-14,18-20,22,25H,2-8H2,1H3,(H,17,21)(H,23,24)/t9-,10+,12+,13+,14+,16-/m0/s1. The van der Waals surface area contributed by atoms with Crippen molar-refractivity contribution in [2.75, 3.05) is 6.61 Å². The summed E-state index contributed by atoms with van der Waals surface area (Å²) in [5.41, 5.74) is 0. The van der Waals surface area contributed by atoms with E-state index in [9.17, 15) is 30.0 Å². The first-order chi connectivity index (χ1) is 12.2. The molecule has 0 saturated carbocycles. The zero-order chi connectivity index (χ0) is 19.9. The second-order valence-corrected chi connectivity index (χ2v) is 6.59.